The van der Waals surface area contributed by atoms with Crippen LogP contribution >= 0.6 is 27.2 Å². The van der Waals surface area contributed by atoms with E-state index in [0.29, 0.717) is 5.92 Å². The van der Waals surface area contributed by atoms with Gasteiger partial charge in [0.1, 0.15) is 0 Å². The molecule has 0 saturated heterocycles. The van der Waals surface area contributed by atoms with Crippen LogP contribution in [0.15, 0.2) is 0 Å². The first kappa shape index (κ1) is 11.4. The van der Waals surface area contributed by atoms with Gasteiger partial charge in [0.15, 0.2) is 0 Å². The molecular weight excluding hydrogens is 273 g/mol. The second kappa shape index (κ2) is 10.5. The number of rotatable bonds is 0. The van der Waals surface area contributed by atoms with Gasteiger partial charge in [0.05, 0.1) is 0 Å². The third kappa shape index (κ3) is 94.3. The van der Waals surface area contributed by atoms with Crippen molar-refractivity contribution in [3.05, 3.63) is 6.92 Å². The second-order valence-electron chi connectivity index (χ2n) is 1.49. The summed E-state index contributed by atoms with van der Waals surface area (Å²) in [6.07, 6.45) is 0. The van der Waals surface area contributed by atoms with Crippen LogP contribution in [-0.4, -0.2) is 0 Å². The molecule has 0 aliphatic rings. The number of halogens is 2. The fraction of sp³-hybridized carbons (Fsp3) is 0.750. The van der Waals surface area contributed by atoms with Crippen molar-refractivity contribution in [1.29, 1.82) is 0 Å². The Kier molecular flexibility index (Phi) is 17.2. The third-order valence-electron chi connectivity index (χ3n) is 0. The van der Waals surface area contributed by atoms with Crippen molar-refractivity contribution < 1.29 is 13.2 Å². The maximum absolute atomic E-state index is 3.64. The Morgan fingerprint density at radius 3 is 1.43 bits per heavy atom. The van der Waals surface area contributed by atoms with E-state index in [0.717, 1.165) is 0 Å². The summed E-state index contributed by atoms with van der Waals surface area (Å²) >= 11 is 6.25. The van der Waals surface area contributed by atoms with Gasteiger partial charge in [-0.3, -0.25) is 0 Å². The van der Waals surface area contributed by atoms with Crippen LogP contribution in [0.1, 0.15) is 13.8 Å². The Morgan fingerprint density at radius 2 is 1.43 bits per heavy atom. The van der Waals surface area contributed by atoms with Gasteiger partial charge in [-0.15, -0.1) is 0 Å². The van der Waals surface area contributed by atoms with E-state index in [4.69, 9.17) is 0 Å². The van der Waals surface area contributed by atoms with Gasteiger partial charge in [-0.25, -0.2) is 0 Å². The number of hydrogen-bond donors (Lipinski definition) is 0. The van der Waals surface area contributed by atoms with E-state index in [9.17, 15) is 0 Å². The molecule has 0 saturated carbocycles. The predicted molar refractivity (Wildman–Crippen MR) is 38.0 cm³/mol. The maximum Gasteiger partial charge on any atom is -0.0471 e. The van der Waals surface area contributed by atoms with Crippen molar-refractivity contribution in [2.24, 2.45) is 5.92 Å². The van der Waals surface area contributed by atoms with Crippen LogP contribution in [0.4, 0.5) is 0 Å². The van der Waals surface area contributed by atoms with Gasteiger partial charge in [0.25, 0.3) is 0 Å². The van der Waals surface area contributed by atoms with Gasteiger partial charge in [0.2, 0.25) is 0 Å². The van der Waals surface area contributed by atoms with Gasteiger partial charge in [-0.1, -0.05) is 20.8 Å². The minimum absolute atomic E-state index is 0.250. The maximum atomic E-state index is 3.64. The molecule has 3 heteroatoms. The van der Waals surface area contributed by atoms with Crippen LogP contribution in [0, 0.1) is 12.8 Å². The molecule has 7 heavy (non-hydrogen) atoms. The van der Waals surface area contributed by atoms with Crippen LogP contribution in [0.2, 0.25) is 0 Å². The zero-order chi connectivity index (χ0) is 6.28. The molecule has 0 fully saturated rings. The van der Waals surface area contributed by atoms with Crippen molar-refractivity contribution in [1.82, 2.24) is 0 Å². The molecule has 0 atom stereocenters. The topological polar surface area (TPSA) is 0 Å². The first-order valence-electron chi connectivity index (χ1n) is 2.10. The molecule has 41 valence electrons. The molecule has 0 heterocycles. The zero-order valence-electron chi connectivity index (χ0n) is 4.75. The fourth-order valence-corrected chi connectivity index (χ4v) is 0. The summed E-state index contributed by atoms with van der Waals surface area (Å²) in [5, 5.41) is 0. The Balaban J connectivity index is 0. The average molecular weight is 282 g/mol. The average Bonchev–Trinajstić information content (AvgIpc) is 1.33. The van der Waals surface area contributed by atoms with Crippen LogP contribution in [0.5, 0.6) is 0 Å². The first-order valence-corrected chi connectivity index (χ1v) is 16.0. The fourth-order valence-electron chi connectivity index (χ4n) is 0. The molecule has 0 aliphatic heterocycles. The summed E-state index contributed by atoms with van der Waals surface area (Å²) < 4.78 is 0. The summed E-state index contributed by atoms with van der Waals surface area (Å²) in [5.74, 6) is 0.583. The van der Waals surface area contributed by atoms with Gasteiger partial charge < -0.3 is 0 Å². The minimum atomic E-state index is -0.250. The largest absolute Gasteiger partial charge is 0.0628 e. The Hall–Kier alpha value is 1.58. The molecule has 0 aliphatic carbocycles. The second-order valence-corrected chi connectivity index (χ2v) is 15.6. The van der Waals surface area contributed by atoms with Crippen LogP contribution in [0.3, 0.4) is 0 Å². The van der Waals surface area contributed by atoms with Crippen molar-refractivity contribution in [2.45, 2.75) is 13.8 Å². The van der Waals surface area contributed by atoms with E-state index in [-0.39, 0.29) is 13.2 Å². The van der Waals surface area contributed by atoms with Gasteiger partial charge in [0, 0.05) is 0 Å². The van der Waals surface area contributed by atoms with Crippen LogP contribution in [0.25, 0.3) is 0 Å². The summed E-state index contributed by atoms with van der Waals surface area (Å²) in [6, 6.07) is 0. The SMILES string of the molecule is [Br][Zn][Br].[CH2]C(C)C. The molecule has 0 aromatic heterocycles. The molecule has 1 radical (unpaired) electrons. The van der Waals surface area contributed by atoms with Gasteiger partial charge >= 0.3 is 40.5 Å². The van der Waals surface area contributed by atoms with Crippen molar-refractivity contribution in [3.8, 4) is 0 Å². The monoisotopic (exact) mass is 279 g/mol. The van der Waals surface area contributed by atoms with Crippen LogP contribution < -0.4 is 0 Å². The van der Waals surface area contributed by atoms with E-state index in [1.54, 1.807) is 0 Å². The smallest absolute Gasteiger partial charge is 0.0471 e. The first-order chi connectivity index (χ1) is 3.15. The minimum Gasteiger partial charge on any atom is -0.0628 e. The van der Waals surface area contributed by atoms with E-state index in [1.807, 2.05) is 0 Å². The van der Waals surface area contributed by atoms with E-state index in [1.165, 1.54) is 0 Å². The van der Waals surface area contributed by atoms with Crippen molar-refractivity contribution in [2.75, 3.05) is 0 Å². The zero-order valence-corrected chi connectivity index (χ0v) is 10.9. The molecule has 0 aromatic rings. The molecule has 0 rings (SSSR count). The molecule has 0 amide bonds. The summed E-state index contributed by atoms with van der Waals surface area (Å²) in [7, 11) is 0. The Labute approximate surface area is 66.8 Å². The standard InChI is InChI=1S/C4H9.2BrH.Zn/c1-4(2)3;;;/h4H,1H2,2-3H3;2*1H;/q;;;+2/p-2. The van der Waals surface area contributed by atoms with E-state index in [2.05, 4.69) is 48.0 Å². The van der Waals surface area contributed by atoms with Crippen molar-refractivity contribution >= 4 is 27.2 Å². The molecule has 0 aromatic carbocycles. The van der Waals surface area contributed by atoms with Gasteiger partial charge in [-0.2, -0.15) is 0 Å². The molecular formula is C4H9Br2Zn. The van der Waals surface area contributed by atoms with E-state index < -0.39 is 0 Å². The predicted octanol–water partition coefficient (Wildman–Crippen LogP) is 3.17. The molecule has 0 nitrogen and oxygen atoms in total. The van der Waals surface area contributed by atoms with E-state index >= 15 is 0 Å². The van der Waals surface area contributed by atoms with Gasteiger partial charge in [-0.05, 0) is 5.92 Å². The van der Waals surface area contributed by atoms with Crippen LogP contribution in [-0.2, 0) is 13.2 Å². The quantitative estimate of drug-likeness (QED) is 0.599. The molecule has 0 spiro atoms. The summed E-state index contributed by atoms with van der Waals surface area (Å²) in [4.78, 5) is 0. The summed E-state index contributed by atoms with van der Waals surface area (Å²) in [6.45, 7) is 7.75. The third-order valence-corrected chi connectivity index (χ3v) is 0. The molecule has 0 N–H and O–H groups in total. The summed E-state index contributed by atoms with van der Waals surface area (Å²) in [5.41, 5.74) is 0. The van der Waals surface area contributed by atoms with Crippen molar-refractivity contribution in [3.63, 3.8) is 0 Å². The molecule has 0 unspecified atom stereocenters. The molecule has 0 bridgehead atoms. The number of hydrogen-bond acceptors (Lipinski definition) is 0. The normalized spacial score (nSPS) is 6.57. The Bertz CT molecular complexity index is 20.9. The Morgan fingerprint density at radius 1 is 1.43 bits per heavy atom.